The van der Waals surface area contributed by atoms with E-state index in [1.807, 2.05) is 11.6 Å². The molecule has 4 heteroatoms. The van der Waals surface area contributed by atoms with Crippen LogP contribution in [0.2, 0.25) is 0 Å². The van der Waals surface area contributed by atoms with Gasteiger partial charge in [-0.05, 0) is 38.6 Å². The largest absolute Gasteiger partial charge is 0.359 e. The minimum Gasteiger partial charge on any atom is -0.359 e. The highest BCUT2D eigenvalue weighted by molar-refractivity contribution is 7.13. The van der Waals surface area contributed by atoms with Crippen LogP contribution in [0.25, 0.3) is 0 Å². The summed E-state index contributed by atoms with van der Waals surface area (Å²) < 4.78 is 0. The monoisotopic (exact) mass is 223 g/mol. The summed E-state index contributed by atoms with van der Waals surface area (Å²) in [7, 11) is 0. The maximum absolute atomic E-state index is 4.29. The lowest BCUT2D eigenvalue weighted by molar-refractivity contribution is 0.135. The molecule has 2 N–H and O–H groups in total. The van der Waals surface area contributed by atoms with E-state index in [9.17, 15) is 0 Å². The van der Waals surface area contributed by atoms with Crippen LogP contribution in [0.15, 0.2) is 11.6 Å². The predicted molar refractivity (Wildman–Crippen MR) is 63.3 cm³/mol. The van der Waals surface area contributed by atoms with Gasteiger partial charge in [0.25, 0.3) is 0 Å². The molecule has 0 bridgehead atoms. The summed E-state index contributed by atoms with van der Waals surface area (Å²) in [6.45, 7) is 1.16. The lowest BCUT2D eigenvalue weighted by Crippen LogP contribution is -2.58. The van der Waals surface area contributed by atoms with Crippen molar-refractivity contribution in [2.75, 3.05) is 11.9 Å². The molecule has 1 aromatic rings. The van der Waals surface area contributed by atoms with Crippen LogP contribution in [0, 0.1) is 0 Å². The summed E-state index contributed by atoms with van der Waals surface area (Å²) in [5, 5.41) is 10.3. The summed E-state index contributed by atoms with van der Waals surface area (Å²) in [5.74, 6) is 0. The molecule has 1 aliphatic heterocycles. The van der Waals surface area contributed by atoms with Crippen LogP contribution in [0.1, 0.15) is 32.1 Å². The van der Waals surface area contributed by atoms with Crippen LogP contribution < -0.4 is 10.6 Å². The van der Waals surface area contributed by atoms with Crippen LogP contribution >= 0.6 is 11.3 Å². The first-order chi connectivity index (χ1) is 7.36. The molecule has 2 fully saturated rings. The van der Waals surface area contributed by atoms with Gasteiger partial charge < -0.3 is 10.6 Å². The highest BCUT2D eigenvalue weighted by atomic mass is 32.1. The molecule has 1 unspecified atom stereocenters. The van der Waals surface area contributed by atoms with Gasteiger partial charge in [0.15, 0.2) is 5.13 Å². The fourth-order valence-corrected chi connectivity index (χ4v) is 3.34. The maximum atomic E-state index is 4.29. The van der Waals surface area contributed by atoms with Gasteiger partial charge >= 0.3 is 0 Å². The Hall–Kier alpha value is -0.610. The lowest BCUT2D eigenvalue weighted by atomic mass is 9.70. The van der Waals surface area contributed by atoms with Crippen molar-refractivity contribution in [3.8, 4) is 0 Å². The van der Waals surface area contributed by atoms with Crippen molar-refractivity contribution >= 4 is 16.5 Å². The van der Waals surface area contributed by atoms with Crippen LogP contribution in [0.5, 0.6) is 0 Å². The first-order valence-corrected chi connectivity index (χ1v) is 6.65. The van der Waals surface area contributed by atoms with E-state index in [1.54, 1.807) is 11.3 Å². The number of nitrogens with zero attached hydrogens (tertiary/aromatic N) is 1. The van der Waals surface area contributed by atoms with Crippen molar-refractivity contribution in [2.45, 2.75) is 43.7 Å². The molecule has 1 spiro atoms. The van der Waals surface area contributed by atoms with Gasteiger partial charge in [0.2, 0.25) is 0 Å². The smallest absolute Gasteiger partial charge is 0.182 e. The zero-order valence-electron chi connectivity index (χ0n) is 8.83. The molecule has 1 saturated carbocycles. The second-order valence-electron chi connectivity index (χ2n) is 4.73. The number of nitrogens with one attached hydrogen (secondary N) is 2. The van der Waals surface area contributed by atoms with Crippen molar-refractivity contribution in [3.63, 3.8) is 0 Å². The molecule has 1 aromatic heterocycles. The molecule has 1 saturated heterocycles. The molecule has 0 aromatic carbocycles. The van der Waals surface area contributed by atoms with E-state index in [-0.39, 0.29) is 0 Å². The second-order valence-corrected chi connectivity index (χ2v) is 5.63. The molecule has 15 heavy (non-hydrogen) atoms. The molecule has 2 aliphatic rings. The Morgan fingerprint density at radius 2 is 2.47 bits per heavy atom. The van der Waals surface area contributed by atoms with Crippen molar-refractivity contribution in [1.82, 2.24) is 10.3 Å². The van der Waals surface area contributed by atoms with Gasteiger partial charge in [-0.1, -0.05) is 0 Å². The minimum absolute atomic E-state index is 0.479. The van der Waals surface area contributed by atoms with Crippen molar-refractivity contribution < 1.29 is 0 Å². The van der Waals surface area contributed by atoms with Gasteiger partial charge in [-0.25, -0.2) is 4.98 Å². The van der Waals surface area contributed by atoms with Gasteiger partial charge in [0.1, 0.15) is 0 Å². The first kappa shape index (κ1) is 9.60. The third-order valence-electron chi connectivity index (χ3n) is 3.70. The molecule has 1 atom stereocenters. The molecular formula is C11H17N3S. The fraction of sp³-hybridized carbons (Fsp3) is 0.727. The molecular weight excluding hydrogens is 206 g/mol. The number of rotatable bonds is 2. The molecule has 2 heterocycles. The quantitative estimate of drug-likeness (QED) is 0.807. The van der Waals surface area contributed by atoms with Gasteiger partial charge in [-0.2, -0.15) is 0 Å². The number of anilines is 1. The van der Waals surface area contributed by atoms with Crippen molar-refractivity contribution in [3.05, 3.63) is 11.6 Å². The van der Waals surface area contributed by atoms with E-state index in [0.29, 0.717) is 11.6 Å². The molecule has 3 rings (SSSR count). The number of thiazole rings is 1. The van der Waals surface area contributed by atoms with Crippen molar-refractivity contribution in [1.29, 1.82) is 0 Å². The second kappa shape index (κ2) is 3.76. The van der Waals surface area contributed by atoms with Gasteiger partial charge in [-0.3, -0.25) is 0 Å². The maximum Gasteiger partial charge on any atom is 0.182 e. The third-order valence-corrected chi connectivity index (χ3v) is 4.40. The van der Waals surface area contributed by atoms with Crippen LogP contribution in [-0.2, 0) is 0 Å². The Bertz CT molecular complexity index is 319. The van der Waals surface area contributed by atoms with Crippen LogP contribution in [-0.4, -0.2) is 23.1 Å². The summed E-state index contributed by atoms with van der Waals surface area (Å²) in [5.41, 5.74) is 0.479. The summed E-state index contributed by atoms with van der Waals surface area (Å²) in [4.78, 5) is 4.29. The zero-order valence-corrected chi connectivity index (χ0v) is 9.65. The first-order valence-electron chi connectivity index (χ1n) is 5.77. The Balaban J connectivity index is 1.62. The van der Waals surface area contributed by atoms with E-state index in [0.717, 1.165) is 11.7 Å². The molecule has 0 radical (unpaired) electrons. The standard InChI is InChI=1S/C11H17N3S/c1-3-11(4-1)8-9(2-5-13-11)14-10-12-6-7-15-10/h6-7,9,13H,1-5,8H2,(H,12,14). The summed E-state index contributed by atoms with van der Waals surface area (Å²) in [6, 6.07) is 0.623. The molecule has 0 amide bonds. The molecule has 1 aliphatic carbocycles. The average molecular weight is 223 g/mol. The Morgan fingerprint density at radius 1 is 1.53 bits per heavy atom. The minimum atomic E-state index is 0.479. The van der Waals surface area contributed by atoms with Gasteiger partial charge in [-0.15, -0.1) is 11.3 Å². The average Bonchev–Trinajstić information content (AvgIpc) is 2.69. The van der Waals surface area contributed by atoms with E-state index < -0.39 is 0 Å². The number of hydrogen-bond donors (Lipinski definition) is 2. The molecule has 82 valence electrons. The summed E-state index contributed by atoms with van der Waals surface area (Å²) in [6.07, 6.45) is 8.49. The van der Waals surface area contributed by atoms with Gasteiger partial charge in [0, 0.05) is 23.2 Å². The number of hydrogen-bond acceptors (Lipinski definition) is 4. The SMILES string of the molecule is c1csc(NC2CCNC3(CCC3)C2)n1. The summed E-state index contributed by atoms with van der Waals surface area (Å²) >= 11 is 1.70. The predicted octanol–water partition coefficient (Wildman–Crippen LogP) is 2.23. The van der Waals surface area contributed by atoms with E-state index in [1.165, 1.54) is 32.1 Å². The lowest BCUT2D eigenvalue weighted by Gasteiger charge is -2.48. The van der Waals surface area contributed by atoms with Crippen LogP contribution in [0.3, 0.4) is 0 Å². The Labute approximate surface area is 94.3 Å². The topological polar surface area (TPSA) is 37.0 Å². The highest BCUT2D eigenvalue weighted by Gasteiger charge is 2.40. The van der Waals surface area contributed by atoms with E-state index in [2.05, 4.69) is 15.6 Å². The number of piperidine rings is 1. The van der Waals surface area contributed by atoms with Crippen molar-refractivity contribution in [2.24, 2.45) is 0 Å². The zero-order chi connectivity index (χ0) is 10.1. The Morgan fingerprint density at radius 3 is 3.13 bits per heavy atom. The fourth-order valence-electron chi connectivity index (χ4n) is 2.73. The third kappa shape index (κ3) is 1.88. The highest BCUT2D eigenvalue weighted by Crippen LogP contribution is 2.38. The number of aromatic nitrogens is 1. The Kier molecular flexibility index (Phi) is 2.41. The molecule has 3 nitrogen and oxygen atoms in total. The van der Waals surface area contributed by atoms with Crippen LogP contribution in [0.4, 0.5) is 5.13 Å². The van der Waals surface area contributed by atoms with Gasteiger partial charge in [0.05, 0.1) is 0 Å². The van der Waals surface area contributed by atoms with E-state index >= 15 is 0 Å². The van der Waals surface area contributed by atoms with E-state index in [4.69, 9.17) is 0 Å². The normalized spacial score (nSPS) is 28.7.